The zero-order valence-corrected chi connectivity index (χ0v) is 12.3. The molecule has 0 saturated carbocycles. The minimum absolute atomic E-state index is 0.0578. The Morgan fingerprint density at radius 2 is 2.19 bits per heavy atom. The van der Waals surface area contributed by atoms with Gasteiger partial charge in [0.1, 0.15) is 6.04 Å². The lowest BCUT2D eigenvalue weighted by molar-refractivity contribution is -0.144. The highest BCUT2D eigenvalue weighted by atomic mass is 32.1. The van der Waals surface area contributed by atoms with E-state index in [2.05, 4.69) is 0 Å². The van der Waals surface area contributed by atoms with Gasteiger partial charge in [0.15, 0.2) is 0 Å². The molecule has 0 fully saturated rings. The number of carbonyl (C=O) groups is 1. The molecule has 2 aromatic rings. The van der Waals surface area contributed by atoms with Gasteiger partial charge in [-0.1, -0.05) is 6.07 Å². The summed E-state index contributed by atoms with van der Waals surface area (Å²) in [5.41, 5.74) is 0.844. The summed E-state index contributed by atoms with van der Waals surface area (Å²) in [6, 6.07) is 6.33. The van der Waals surface area contributed by atoms with E-state index in [-0.39, 0.29) is 5.56 Å². The topological polar surface area (TPSA) is 62.5 Å². The van der Waals surface area contributed by atoms with Crippen LogP contribution >= 0.6 is 11.3 Å². The van der Waals surface area contributed by atoms with Gasteiger partial charge in [-0.3, -0.25) is 14.5 Å². The van der Waals surface area contributed by atoms with E-state index in [1.807, 2.05) is 22.4 Å². The van der Waals surface area contributed by atoms with Crippen LogP contribution in [0.25, 0.3) is 0 Å². The first kappa shape index (κ1) is 14.0. The van der Waals surface area contributed by atoms with Gasteiger partial charge in [-0.15, -0.1) is 11.3 Å². The second kappa shape index (κ2) is 5.83. The third kappa shape index (κ3) is 2.77. The Kier molecular flexibility index (Phi) is 3.90. The molecule has 0 aromatic carbocycles. The summed E-state index contributed by atoms with van der Waals surface area (Å²) >= 11 is 1.62. The second-order valence-corrected chi connectivity index (χ2v) is 6.06. The molecular weight excluding hydrogens is 288 g/mol. The van der Waals surface area contributed by atoms with Crippen LogP contribution in [0.3, 0.4) is 0 Å². The average Bonchev–Trinajstić information content (AvgIpc) is 2.93. The van der Waals surface area contributed by atoms with Gasteiger partial charge < -0.3 is 9.67 Å². The van der Waals surface area contributed by atoms with Gasteiger partial charge >= 0.3 is 5.97 Å². The number of carboxylic acid groups (broad SMARTS) is 1. The molecule has 1 unspecified atom stereocenters. The van der Waals surface area contributed by atoms with Crippen molar-refractivity contribution in [2.45, 2.75) is 19.0 Å². The number of pyridine rings is 1. The second-order valence-electron chi connectivity index (χ2n) is 5.06. The first-order valence-electron chi connectivity index (χ1n) is 6.85. The zero-order valence-electron chi connectivity index (χ0n) is 11.4. The van der Waals surface area contributed by atoms with Gasteiger partial charge in [0.25, 0.3) is 5.56 Å². The van der Waals surface area contributed by atoms with Crippen molar-refractivity contribution in [3.05, 3.63) is 56.6 Å². The Bertz CT molecular complexity index is 707. The van der Waals surface area contributed by atoms with E-state index in [0.29, 0.717) is 19.6 Å². The maximum Gasteiger partial charge on any atom is 0.325 e. The molecule has 1 atom stereocenters. The Morgan fingerprint density at radius 3 is 2.95 bits per heavy atom. The van der Waals surface area contributed by atoms with Crippen LogP contribution in [0.4, 0.5) is 0 Å². The third-order valence-electron chi connectivity index (χ3n) is 3.83. The van der Waals surface area contributed by atoms with Crippen LogP contribution in [0.5, 0.6) is 0 Å². The van der Waals surface area contributed by atoms with Gasteiger partial charge in [-0.2, -0.15) is 0 Å². The predicted octanol–water partition coefficient (Wildman–Crippen LogP) is 1.59. The number of hydrogen-bond acceptors (Lipinski definition) is 4. The van der Waals surface area contributed by atoms with Crippen molar-refractivity contribution < 1.29 is 9.90 Å². The first-order chi connectivity index (χ1) is 10.2. The quantitative estimate of drug-likeness (QED) is 0.932. The van der Waals surface area contributed by atoms with Crippen LogP contribution in [0.15, 0.2) is 40.6 Å². The lowest BCUT2D eigenvalue weighted by Crippen LogP contribution is -2.41. The summed E-state index contributed by atoms with van der Waals surface area (Å²) in [4.78, 5) is 26.4. The molecule has 2 aromatic heterocycles. The molecule has 3 heterocycles. The standard InChI is InChI=1S/C15H16N2O3S/c18-13-3-1-2-6-16(13)8-9-17-7-4-12-11(5-10-21-12)14(17)15(19)20/h1-3,5-6,10,14H,4,7-9H2,(H,19,20). The summed E-state index contributed by atoms with van der Waals surface area (Å²) < 4.78 is 1.61. The predicted molar refractivity (Wildman–Crippen MR) is 80.7 cm³/mol. The number of aromatic nitrogens is 1. The highest BCUT2D eigenvalue weighted by molar-refractivity contribution is 7.10. The van der Waals surface area contributed by atoms with Crippen molar-refractivity contribution in [3.63, 3.8) is 0 Å². The van der Waals surface area contributed by atoms with Gasteiger partial charge in [-0.25, -0.2) is 0 Å². The van der Waals surface area contributed by atoms with Crippen molar-refractivity contribution in [1.82, 2.24) is 9.47 Å². The molecule has 3 rings (SSSR count). The number of fused-ring (bicyclic) bond motifs is 1. The number of hydrogen-bond donors (Lipinski definition) is 1. The molecule has 21 heavy (non-hydrogen) atoms. The molecule has 0 bridgehead atoms. The van der Waals surface area contributed by atoms with Crippen LogP contribution in [0.1, 0.15) is 16.5 Å². The fourth-order valence-electron chi connectivity index (χ4n) is 2.78. The normalized spacial score (nSPS) is 18.4. The van der Waals surface area contributed by atoms with Crippen molar-refractivity contribution in [1.29, 1.82) is 0 Å². The lowest BCUT2D eigenvalue weighted by atomic mass is 10.00. The molecule has 6 heteroatoms. The average molecular weight is 304 g/mol. The largest absolute Gasteiger partial charge is 0.480 e. The number of thiophene rings is 1. The molecule has 0 spiro atoms. The fourth-order valence-corrected chi connectivity index (χ4v) is 3.68. The van der Waals surface area contributed by atoms with Gasteiger partial charge in [0.2, 0.25) is 0 Å². The number of rotatable bonds is 4. The van der Waals surface area contributed by atoms with Crippen molar-refractivity contribution in [3.8, 4) is 0 Å². The molecule has 1 aliphatic rings. The van der Waals surface area contributed by atoms with E-state index in [1.165, 1.54) is 6.07 Å². The van der Waals surface area contributed by atoms with E-state index >= 15 is 0 Å². The maximum atomic E-state index is 11.7. The van der Waals surface area contributed by atoms with Crippen molar-refractivity contribution >= 4 is 17.3 Å². The molecule has 1 aliphatic heterocycles. The van der Waals surface area contributed by atoms with Crippen LogP contribution in [0.2, 0.25) is 0 Å². The Hall–Kier alpha value is -1.92. The first-order valence-corrected chi connectivity index (χ1v) is 7.73. The van der Waals surface area contributed by atoms with Crippen LogP contribution < -0.4 is 5.56 Å². The minimum atomic E-state index is -0.824. The molecule has 0 radical (unpaired) electrons. The highest BCUT2D eigenvalue weighted by Crippen LogP contribution is 2.33. The van der Waals surface area contributed by atoms with Crippen molar-refractivity contribution in [2.75, 3.05) is 13.1 Å². The molecular formula is C15H16N2O3S. The Balaban J connectivity index is 1.78. The number of aliphatic carboxylic acids is 1. The summed E-state index contributed by atoms with van der Waals surface area (Å²) in [7, 11) is 0. The van der Waals surface area contributed by atoms with E-state index in [0.717, 1.165) is 16.9 Å². The number of carboxylic acids is 1. The maximum absolute atomic E-state index is 11.7. The van der Waals surface area contributed by atoms with Gasteiger partial charge in [0, 0.05) is 36.8 Å². The molecule has 0 saturated heterocycles. The van der Waals surface area contributed by atoms with Crippen LogP contribution in [-0.2, 0) is 17.8 Å². The Morgan fingerprint density at radius 1 is 1.33 bits per heavy atom. The smallest absolute Gasteiger partial charge is 0.325 e. The zero-order chi connectivity index (χ0) is 14.8. The molecule has 0 aliphatic carbocycles. The SMILES string of the molecule is O=C(O)C1c2ccsc2CCN1CCn1ccccc1=O. The van der Waals surface area contributed by atoms with E-state index in [1.54, 1.807) is 28.2 Å². The van der Waals surface area contributed by atoms with E-state index < -0.39 is 12.0 Å². The lowest BCUT2D eigenvalue weighted by Gasteiger charge is -2.33. The molecule has 0 amide bonds. The van der Waals surface area contributed by atoms with Crippen LogP contribution in [-0.4, -0.2) is 33.6 Å². The third-order valence-corrected chi connectivity index (χ3v) is 4.82. The molecule has 5 nitrogen and oxygen atoms in total. The molecule has 1 N–H and O–H groups in total. The van der Waals surface area contributed by atoms with Gasteiger partial charge in [0.05, 0.1) is 0 Å². The summed E-state index contributed by atoms with van der Waals surface area (Å²) in [6.45, 7) is 1.77. The minimum Gasteiger partial charge on any atom is -0.480 e. The monoisotopic (exact) mass is 304 g/mol. The highest BCUT2D eigenvalue weighted by Gasteiger charge is 2.33. The van der Waals surface area contributed by atoms with Crippen molar-refractivity contribution in [2.24, 2.45) is 0 Å². The van der Waals surface area contributed by atoms with Crippen LogP contribution in [0, 0.1) is 0 Å². The van der Waals surface area contributed by atoms with E-state index in [9.17, 15) is 14.7 Å². The number of nitrogens with zero attached hydrogens (tertiary/aromatic N) is 2. The summed E-state index contributed by atoms with van der Waals surface area (Å²) in [6.07, 6.45) is 2.61. The fraction of sp³-hybridized carbons (Fsp3) is 0.333. The Labute approximate surface area is 126 Å². The van der Waals surface area contributed by atoms with E-state index in [4.69, 9.17) is 0 Å². The summed E-state index contributed by atoms with van der Waals surface area (Å²) in [5.74, 6) is -0.824. The molecule has 110 valence electrons. The summed E-state index contributed by atoms with van der Waals surface area (Å²) in [5, 5.41) is 11.5. The van der Waals surface area contributed by atoms with Gasteiger partial charge in [-0.05, 0) is 29.5 Å².